The summed E-state index contributed by atoms with van der Waals surface area (Å²) >= 11 is 0. The summed E-state index contributed by atoms with van der Waals surface area (Å²) in [5, 5.41) is 4.35. The summed E-state index contributed by atoms with van der Waals surface area (Å²) in [4.78, 5) is 18.6. The lowest BCUT2D eigenvalue weighted by atomic mass is 10.1. The third kappa shape index (κ3) is 2.87. The molecule has 1 amide bonds. The van der Waals surface area contributed by atoms with E-state index in [1.165, 1.54) is 0 Å². The molecule has 0 aliphatic carbocycles. The van der Waals surface area contributed by atoms with Gasteiger partial charge in [-0.05, 0) is 51.0 Å². The van der Waals surface area contributed by atoms with Crippen molar-refractivity contribution in [3.8, 4) is 5.69 Å². The molecule has 22 heavy (non-hydrogen) atoms. The number of aryl methyl sites for hydroxylation is 2. The van der Waals surface area contributed by atoms with Crippen molar-refractivity contribution in [3.05, 3.63) is 41.5 Å². The third-order valence-corrected chi connectivity index (χ3v) is 3.98. The van der Waals surface area contributed by atoms with Crippen molar-refractivity contribution in [1.82, 2.24) is 19.7 Å². The van der Waals surface area contributed by atoms with E-state index in [4.69, 9.17) is 5.73 Å². The van der Waals surface area contributed by atoms with Crippen LogP contribution in [0.5, 0.6) is 0 Å². The minimum Gasteiger partial charge on any atom is -0.337 e. The second-order valence-corrected chi connectivity index (χ2v) is 5.82. The standard InChI is InChI=1S/C16H21N5O/c1-11-18-12(2)21(19-11)15-7-5-13(6-8-15)16(22)20-9-3-4-14(17)10-20/h5-8,14H,3-4,9-10,17H2,1-2H3/t14-/m1/s1. The summed E-state index contributed by atoms with van der Waals surface area (Å²) in [6, 6.07) is 7.58. The first kappa shape index (κ1) is 14.7. The number of benzene rings is 1. The molecule has 116 valence electrons. The number of nitrogens with zero attached hydrogens (tertiary/aromatic N) is 4. The molecule has 0 saturated carbocycles. The topological polar surface area (TPSA) is 77.0 Å². The van der Waals surface area contributed by atoms with Crippen LogP contribution in [0.2, 0.25) is 0 Å². The number of nitrogens with two attached hydrogens (primary N) is 1. The zero-order valence-corrected chi connectivity index (χ0v) is 13.0. The maximum absolute atomic E-state index is 12.5. The summed E-state index contributed by atoms with van der Waals surface area (Å²) in [6.07, 6.45) is 1.97. The van der Waals surface area contributed by atoms with Gasteiger partial charge in [0, 0.05) is 24.7 Å². The molecule has 1 aliphatic rings. The number of piperidine rings is 1. The Labute approximate surface area is 129 Å². The Hall–Kier alpha value is -2.21. The molecule has 6 heteroatoms. The molecule has 6 nitrogen and oxygen atoms in total. The first-order chi connectivity index (χ1) is 10.5. The smallest absolute Gasteiger partial charge is 0.253 e. The molecule has 1 atom stereocenters. The molecule has 3 rings (SSSR count). The monoisotopic (exact) mass is 299 g/mol. The van der Waals surface area contributed by atoms with Crippen LogP contribution in [0.1, 0.15) is 34.8 Å². The van der Waals surface area contributed by atoms with Crippen molar-refractivity contribution in [2.24, 2.45) is 5.73 Å². The van der Waals surface area contributed by atoms with Crippen LogP contribution in [0, 0.1) is 13.8 Å². The second-order valence-electron chi connectivity index (χ2n) is 5.82. The van der Waals surface area contributed by atoms with E-state index in [-0.39, 0.29) is 11.9 Å². The van der Waals surface area contributed by atoms with Gasteiger partial charge in [-0.3, -0.25) is 4.79 Å². The van der Waals surface area contributed by atoms with Gasteiger partial charge in [0.05, 0.1) is 5.69 Å². The van der Waals surface area contributed by atoms with Crippen LogP contribution in [0.4, 0.5) is 0 Å². The maximum Gasteiger partial charge on any atom is 0.253 e. The molecule has 1 saturated heterocycles. The molecule has 0 radical (unpaired) electrons. The van der Waals surface area contributed by atoms with E-state index in [1.54, 1.807) is 4.68 Å². The summed E-state index contributed by atoms with van der Waals surface area (Å²) in [5.41, 5.74) is 7.54. The van der Waals surface area contributed by atoms with Crippen LogP contribution < -0.4 is 5.73 Å². The molecule has 2 aromatic rings. The second kappa shape index (κ2) is 5.88. The fourth-order valence-corrected chi connectivity index (χ4v) is 2.89. The van der Waals surface area contributed by atoms with Crippen LogP contribution in [-0.2, 0) is 0 Å². The van der Waals surface area contributed by atoms with Gasteiger partial charge in [0.25, 0.3) is 5.91 Å². The average Bonchev–Trinajstić information content (AvgIpc) is 2.85. The van der Waals surface area contributed by atoms with Gasteiger partial charge in [0.15, 0.2) is 0 Å². The summed E-state index contributed by atoms with van der Waals surface area (Å²) in [6.45, 7) is 5.20. The molecule has 0 unspecified atom stereocenters. The Balaban J connectivity index is 1.79. The molecule has 1 aliphatic heterocycles. The molecule has 2 heterocycles. The zero-order chi connectivity index (χ0) is 15.7. The Morgan fingerprint density at radius 2 is 2.00 bits per heavy atom. The van der Waals surface area contributed by atoms with Crippen molar-refractivity contribution in [3.63, 3.8) is 0 Å². The average molecular weight is 299 g/mol. The summed E-state index contributed by atoms with van der Waals surface area (Å²) in [5.74, 6) is 1.62. The number of hydrogen-bond acceptors (Lipinski definition) is 4. The van der Waals surface area contributed by atoms with Gasteiger partial charge in [0.1, 0.15) is 11.6 Å². The van der Waals surface area contributed by atoms with E-state index in [0.29, 0.717) is 12.1 Å². The number of carbonyl (C=O) groups excluding carboxylic acids is 1. The molecule has 0 bridgehead atoms. The van der Waals surface area contributed by atoms with Crippen LogP contribution in [0.25, 0.3) is 5.69 Å². The van der Waals surface area contributed by atoms with E-state index in [1.807, 2.05) is 43.0 Å². The van der Waals surface area contributed by atoms with Gasteiger partial charge < -0.3 is 10.6 Å². The fourth-order valence-electron chi connectivity index (χ4n) is 2.89. The first-order valence-corrected chi connectivity index (χ1v) is 7.60. The molecule has 2 N–H and O–H groups in total. The minimum atomic E-state index is 0.0493. The number of likely N-dealkylation sites (tertiary alicyclic amines) is 1. The van der Waals surface area contributed by atoms with E-state index in [2.05, 4.69) is 10.1 Å². The maximum atomic E-state index is 12.5. The Morgan fingerprint density at radius 1 is 1.27 bits per heavy atom. The Kier molecular flexibility index (Phi) is 3.94. The number of rotatable bonds is 2. The van der Waals surface area contributed by atoms with Gasteiger partial charge in [-0.15, -0.1) is 0 Å². The highest BCUT2D eigenvalue weighted by molar-refractivity contribution is 5.94. The number of aromatic nitrogens is 3. The van der Waals surface area contributed by atoms with Crippen LogP contribution in [0.15, 0.2) is 24.3 Å². The number of hydrogen-bond donors (Lipinski definition) is 1. The zero-order valence-electron chi connectivity index (χ0n) is 13.0. The minimum absolute atomic E-state index is 0.0493. The van der Waals surface area contributed by atoms with Crippen LogP contribution in [0.3, 0.4) is 0 Å². The predicted molar refractivity (Wildman–Crippen MR) is 83.9 cm³/mol. The lowest BCUT2D eigenvalue weighted by molar-refractivity contribution is 0.0709. The molecular formula is C16H21N5O. The molecule has 1 aromatic carbocycles. The highest BCUT2D eigenvalue weighted by atomic mass is 16.2. The quantitative estimate of drug-likeness (QED) is 0.910. The normalized spacial score (nSPS) is 18.5. The fraction of sp³-hybridized carbons (Fsp3) is 0.438. The van der Waals surface area contributed by atoms with Crippen molar-refractivity contribution in [2.75, 3.05) is 13.1 Å². The highest BCUT2D eigenvalue weighted by Gasteiger charge is 2.22. The molecular weight excluding hydrogens is 278 g/mol. The van der Waals surface area contributed by atoms with E-state index >= 15 is 0 Å². The predicted octanol–water partition coefficient (Wildman–Crippen LogP) is 1.45. The molecule has 1 aromatic heterocycles. The van der Waals surface area contributed by atoms with Crippen molar-refractivity contribution >= 4 is 5.91 Å². The molecule has 1 fully saturated rings. The first-order valence-electron chi connectivity index (χ1n) is 7.60. The Bertz CT molecular complexity index is 676. The van der Waals surface area contributed by atoms with Gasteiger partial charge in [-0.25, -0.2) is 9.67 Å². The Morgan fingerprint density at radius 3 is 2.59 bits per heavy atom. The van der Waals surface area contributed by atoms with Gasteiger partial charge in [-0.2, -0.15) is 5.10 Å². The lowest BCUT2D eigenvalue weighted by Gasteiger charge is -2.30. The van der Waals surface area contributed by atoms with Gasteiger partial charge >= 0.3 is 0 Å². The highest BCUT2D eigenvalue weighted by Crippen LogP contribution is 2.15. The molecule has 0 spiro atoms. The van der Waals surface area contributed by atoms with Gasteiger partial charge in [-0.1, -0.05) is 0 Å². The largest absolute Gasteiger partial charge is 0.337 e. The van der Waals surface area contributed by atoms with Crippen LogP contribution >= 0.6 is 0 Å². The number of carbonyl (C=O) groups is 1. The van der Waals surface area contributed by atoms with E-state index in [9.17, 15) is 4.79 Å². The van der Waals surface area contributed by atoms with Gasteiger partial charge in [0.2, 0.25) is 0 Å². The van der Waals surface area contributed by atoms with E-state index < -0.39 is 0 Å². The van der Waals surface area contributed by atoms with E-state index in [0.717, 1.165) is 36.7 Å². The van der Waals surface area contributed by atoms with Crippen molar-refractivity contribution in [1.29, 1.82) is 0 Å². The third-order valence-electron chi connectivity index (χ3n) is 3.98. The van der Waals surface area contributed by atoms with Crippen molar-refractivity contribution in [2.45, 2.75) is 32.7 Å². The summed E-state index contributed by atoms with van der Waals surface area (Å²) in [7, 11) is 0. The lowest BCUT2D eigenvalue weighted by Crippen LogP contribution is -2.45. The van der Waals surface area contributed by atoms with Crippen molar-refractivity contribution < 1.29 is 4.79 Å². The number of amides is 1. The van der Waals surface area contributed by atoms with Crippen LogP contribution in [-0.4, -0.2) is 44.7 Å². The summed E-state index contributed by atoms with van der Waals surface area (Å²) < 4.78 is 1.78. The SMILES string of the molecule is Cc1nc(C)n(-c2ccc(C(=O)N3CCC[C@@H](N)C3)cc2)n1.